The molecule has 0 atom stereocenters. The minimum Gasteiger partial charge on any atom is -0.511 e. The Hall–Kier alpha value is -1.72. The van der Waals surface area contributed by atoms with Gasteiger partial charge in [-0.15, -0.1) is 0 Å². The van der Waals surface area contributed by atoms with Gasteiger partial charge in [0.05, 0.1) is 11.1 Å². The van der Waals surface area contributed by atoms with Crippen molar-refractivity contribution in [1.82, 2.24) is 0 Å². The molecule has 16 heavy (non-hydrogen) atoms. The summed E-state index contributed by atoms with van der Waals surface area (Å²) in [5.74, 6) is -0.328. The van der Waals surface area contributed by atoms with E-state index in [2.05, 4.69) is 4.65 Å². The van der Waals surface area contributed by atoms with E-state index in [9.17, 15) is 13.2 Å². The number of halogens is 3. The van der Waals surface area contributed by atoms with Crippen molar-refractivity contribution >= 4 is 7.32 Å². The number of nitriles is 1. The Kier molecular flexibility index (Phi) is 3.42. The lowest BCUT2D eigenvalue weighted by Crippen LogP contribution is -2.21. The molecule has 2 N–H and O–H groups in total. The number of nitrogens with zero attached hydrogens (tertiary/aromatic N) is 1. The fourth-order valence-corrected chi connectivity index (χ4v) is 1.01. The molecule has 8 heteroatoms. The summed E-state index contributed by atoms with van der Waals surface area (Å²) in [6.45, 7) is 0. The zero-order chi connectivity index (χ0) is 12.3. The van der Waals surface area contributed by atoms with Gasteiger partial charge in [-0.1, -0.05) is 0 Å². The van der Waals surface area contributed by atoms with Crippen LogP contribution in [0.2, 0.25) is 0 Å². The Morgan fingerprint density at radius 2 is 1.94 bits per heavy atom. The van der Waals surface area contributed by atoms with E-state index >= 15 is 0 Å². The molecule has 0 aliphatic heterocycles. The van der Waals surface area contributed by atoms with Crippen LogP contribution in [0.1, 0.15) is 11.1 Å². The molecule has 0 aromatic heterocycles. The topological polar surface area (TPSA) is 73.5 Å². The van der Waals surface area contributed by atoms with Crippen molar-refractivity contribution in [1.29, 1.82) is 5.26 Å². The van der Waals surface area contributed by atoms with E-state index in [4.69, 9.17) is 15.3 Å². The molecule has 0 unspecified atom stereocenters. The lowest BCUT2D eigenvalue weighted by molar-refractivity contribution is -0.137. The Labute approximate surface area is 88.7 Å². The minimum absolute atomic E-state index is 0.328. The normalized spacial score (nSPS) is 10.8. The lowest BCUT2D eigenvalue weighted by Gasteiger charge is -2.10. The highest BCUT2D eigenvalue weighted by molar-refractivity contribution is 6.33. The van der Waals surface area contributed by atoms with Crippen LogP contribution in [-0.2, 0) is 6.18 Å². The molecule has 0 heterocycles. The Morgan fingerprint density at radius 3 is 2.38 bits per heavy atom. The third kappa shape index (κ3) is 2.89. The summed E-state index contributed by atoms with van der Waals surface area (Å²) in [5.41, 5.74) is -1.44. The quantitative estimate of drug-likeness (QED) is 0.742. The van der Waals surface area contributed by atoms with Crippen LogP contribution in [0.15, 0.2) is 18.2 Å². The summed E-state index contributed by atoms with van der Waals surface area (Å²) in [6.07, 6.45) is -4.57. The maximum absolute atomic E-state index is 12.2. The first-order valence-corrected chi connectivity index (χ1v) is 3.98. The van der Waals surface area contributed by atoms with Gasteiger partial charge in [-0.3, -0.25) is 0 Å². The first-order valence-electron chi connectivity index (χ1n) is 3.98. The van der Waals surface area contributed by atoms with Gasteiger partial charge in [0.25, 0.3) is 0 Å². The van der Waals surface area contributed by atoms with Gasteiger partial charge in [-0.05, 0) is 18.2 Å². The molecule has 4 nitrogen and oxygen atoms in total. The SMILES string of the molecule is N#Cc1cc(C(F)(F)F)ccc1OB(O)O. The molecule has 1 aromatic carbocycles. The van der Waals surface area contributed by atoms with E-state index in [-0.39, 0.29) is 5.75 Å². The first kappa shape index (κ1) is 12.4. The van der Waals surface area contributed by atoms with Gasteiger partial charge in [0, 0.05) is 0 Å². The highest BCUT2D eigenvalue weighted by Gasteiger charge is 2.31. The van der Waals surface area contributed by atoms with E-state index in [1.807, 2.05) is 0 Å². The molecule has 84 valence electrons. The van der Waals surface area contributed by atoms with Crippen LogP contribution in [0.25, 0.3) is 0 Å². The Bertz CT molecular complexity index is 428. The molecule has 1 aromatic rings. The van der Waals surface area contributed by atoms with Crippen LogP contribution in [-0.4, -0.2) is 17.4 Å². The van der Waals surface area contributed by atoms with Gasteiger partial charge in [-0.25, -0.2) is 0 Å². The maximum atomic E-state index is 12.2. The van der Waals surface area contributed by atoms with Gasteiger partial charge in [0.2, 0.25) is 0 Å². The molecule has 0 aliphatic rings. The summed E-state index contributed by atoms with van der Waals surface area (Å²) in [5, 5.41) is 25.5. The second-order valence-corrected chi connectivity index (χ2v) is 2.76. The standard InChI is InChI=1S/C8H5BF3NO3/c10-8(11,12)6-1-2-7(16-9(14)15)5(3-6)4-13/h1-3,14-15H. The average Bonchev–Trinajstić information content (AvgIpc) is 2.15. The first-order chi connectivity index (χ1) is 7.34. The van der Waals surface area contributed by atoms with Crippen LogP contribution in [0.5, 0.6) is 5.75 Å². The predicted octanol–water partition coefficient (Wildman–Crippen LogP) is 0.925. The van der Waals surface area contributed by atoms with Crippen LogP contribution >= 0.6 is 0 Å². The third-order valence-electron chi connectivity index (χ3n) is 1.66. The van der Waals surface area contributed by atoms with Crippen LogP contribution in [0.3, 0.4) is 0 Å². The Balaban J connectivity index is 3.13. The summed E-state index contributed by atoms with van der Waals surface area (Å²) < 4.78 is 41.1. The summed E-state index contributed by atoms with van der Waals surface area (Å²) in [7, 11) is -2.19. The number of rotatable bonds is 2. The molecule has 1 rings (SSSR count). The van der Waals surface area contributed by atoms with Crippen molar-refractivity contribution in [3.8, 4) is 11.8 Å². The van der Waals surface area contributed by atoms with E-state index in [1.165, 1.54) is 6.07 Å². The van der Waals surface area contributed by atoms with Crippen molar-refractivity contribution < 1.29 is 27.9 Å². The van der Waals surface area contributed by atoms with Crippen molar-refractivity contribution in [2.24, 2.45) is 0 Å². The fourth-order valence-electron chi connectivity index (χ4n) is 1.01. The number of hydrogen-bond acceptors (Lipinski definition) is 4. The van der Waals surface area contributed by atoms with Crippen LogP contribution in [0, 0.1) is 11.3 Å². The van der Waals surface area contributed by atoms with Crippen molar-refractivity contribution in [3.05, 3.63) is 29.3 Å². The van der Waals surface area contributed by atoms with Crippen molar-refractivity contribution in [2.75, 3.05) is 0 Å². The number of benzene rings is 1. The summed E-state index contributed by atoms with van der Waals surface area (Å²) in [6, 6.07) is 3.56. The van der Waals surface area contributed by atoms with E-state index < -0.39 is 24.6 Å². The number of hydrogen-bond donors (Lipinski definition) is 2. The van der Waals surface area contributed by atoms with E-state index in [0.717, 1.165) is 6.07 Å². The molecular formula is C8H5BF3NO3. The highest BCUT2D eigenvalue weighted by atomic mass is 19.4. The van der Waals surface area contributed by atoms with Crippen molar-refractivity contribution in [2.45, 2.75) is 6.18 Å². The zero-order valence-electron chi connectivity index (χ0n) is 7.69. The summed E-state index contributed by atoms with van der Waals surface area (Å²) >= 11 is 0. The van der Waals surface area contributed by atoms with Crippen molar-refractivity contribution in [3.63, 3.8) is 0 Å². The van der Waals surface area contributed by atoms with Gasteiger partial charge in [0.1, 0.15) is 11.8 Å². The van der Waals surface area contributed by atoms with Gasteiger partial charge < -0.3 is 14.7 Å². The molecule has 0 bridgehead atoms. The maximum Gasteiger partial charge on any atom is 0.707 e. The van der Waals surface area contributed by atoms with E-state index in [0.29, 0.717) is 12.1 Å². The highest BCUT2D eigenvalue weighted by Crippen LogP contribution is 2.32. The summed E-state index contributed by atoms with van der Waals surface area (Å²) in [4.78, 5) is 0. The van der Waals surface area contributed by atoms with Crippen LogP contribution in [0.4, 0.5) is 13.2 Å². The smallest absolute Gasteiger partial charge is 0.511 e. The van der Waals surface area contributed by atoms with Gasteiger partial charge in [-0.2, -0.15) is 18.4 Å². The number of alkyl halides is 3. The molecule has 0 spiro atoms. The third-order valence-corrected chi connectivity index (χ3v) is 1.66. The molecule has 0 saturated carbocycles. The second kappa shape index (κ2) is 4.43. The predicted molar refractivity (Wildman–Crippen MR) is 47.0 cm³/mol. The molecule has 0 saturated heterocycles. The largest absolute Gasteiger partial charge is 0.707 e. The van der Waals surface area contributed by atoms with Gasteiger partial charge >= 0.3 is 13.5 Å². The molecular weight excluding hydrogens is 226 g/mol. The van der Waals surface area contributed by atoms with Gasteiger partial charge in [0.15, 0.2) is 0 Å². The monoisotopic (exact) mass is 231 g/mol. The zero-order valence-corrected chi connectivity index (χ0v) is 7.69. The average molecular weight is 231 g/mol. The molecule has 0 amide bonds. The molecule has 0 aliphatic carbocycles. The molecule has 0 radical (unpaired) electrons. The lowest BCUT2D eigenvalue weighted by atomic mass is 10.1. The fraction of sp³-hybridized carbons (Fsp3) is 0.125. The Morgan fingerprint density at radius 1 is 1.31 bits per heavy atom. The molecule has 0 fully saturated rings. The van der Waals surface area contributed by atoms with Crippen LogP contribution < -0.4 is 4.65 Å². The second-order valence-electron chi connectivity index (χ2n) is 2.76. The van der Waals surface area contributed by atoms with E-state index in [1.54, 1.807) is 0 Å². The minimum atomic E-state index is -4.57.